The Kier molecular flexibility index (Phi) is 7.99. The molecule has 0 unspecified atom stereocenters. The number of nitrogens with one attached hydrogen (secondary N) is 1. The minimum absolute atomic E-state index is 0.0160. The second-order valence-electron chi connectivity index (χ2n) is 8.89. The maximum Gasteiger partial charge on any atom is 0.261 e. The topological polar surface area (TPSA) is 96.0 Å². The van der Waals surface area contributed by atoms with Crippen LogP contribution in [0.2, 0.25) is 0 Å². The van der Waals surface area contributed by atoms with Crippen molar-refractivity contribution in [1.29, 1.82) is 0 Å². The average molecular weight is 530 g/mol. The van der Waals surface area contributed by atoms with Crippen LogP contribution in [0.15, 0.2) is 88.7 Å². The van der Waals surface area contributed by atoms with Gasteiger partial charge in [0.25, 0.3) is 10.0 Å². The summed E-state index contributed by atoms with van der Waals surface area (Å²) in [6.45, 7) is 1.98. The van der Waals surface area contributed by atoms with Crippen LogP contribution in [0.1, 0.15) is 18.4 Å². The van der Waals surface area contributed by atoms with E-state index in [9.17, 15) is 16.8 Å². The summed E-state index contributed by atoms with van der Waals surface area (Å²) < 4.78 is 60.8. The van der Waals surface area contributed by atoms with Gasteiger partial charge >= 0.3 is 0 Å². The summed E-state index contributed by atoms with van der Waals surface area (Å²) in [5, 5.41) is 0. The van der Waals surface area contributed by atoms with Crippen molar-refractivity contribution in [3.8, 4) is 0 Å². The minimum Gasteiger partial charge on any atom is -0.372 e. The first kappa shape index (κ1) is 26.2. The number of piperidine rings is 1. The van der Waals surface area contributed by atoms with Crippen molar-refractivity contribution in [1.82, 2.24) is 4.31 Å². The van der Waals surface area contributed by atoms with Gasteiger partial charge in [-0.1, -0.05) is 42.5 Å². The van der Waals surface area contributed by atoms with Crippen molar-refractivity contribution in [3.63, 3.8) is 0 Å². The third-order valence-corrected chi connectivity index (χ3v) is 9.32. The Bertz CT molecular complexity index is 1380. The third-order valence-electron chi connectivity index (χ3n) is 6.11. The van der Waals surface area contributed by atoms with Crippen molar-refractivity contribution in [2.45, 2.75) is 35.3 Å². The van der Waals surface area contributed by atoms with E-state index in [1.54, 1.807) is 12.1 Å². The summed E-state index contributed by atoms with van der Waals surface area (Å²) in [6, 6.07) is 22.5. The number of ether oxygens (including phenoxy) is 1. The lowest BCUT2D eigenvalue weighted by atomic mass is 10.1. The number of rotatable bonds is 9. The number of anilines is 2. The Labute approximate surface area is 213 Å². The van der Waals surface area contributed by atoms with Gasteiger partial charge in [-0.25, -0.2) is 21.1 Å². The highest BCUT2D eigenvalue weighted by atomic mass is 32.2. The maximum atomic E-state index is 13.1. The van der Waals surface area contributed by atoms with E-state index in [0.29, 0.717) is 18.8 Å². The molecule has 1 atom stereocenters. The van der Waals surface area contributed by atoms with Crippen molar-refractivity contribution < 1.29 is 21.6 Å². The quantitative estimate of drug-likeness (QED) is 0.451. The van der Waals surface area contributed by atoms with Crippen LogP contribution in [0.4, 0.5) is 11.4 Å². The summed E-state index contributed by atoms with van der Waals surface area (Å²) >= 11 is 0. The molecule has 1 heterocycles. The van der Waals surface area contributed by atoms with E-state index >= 15 is 0 Å². The monoisotopic (exact) mass is 529 g/mol. The van der Waals surface area contributed by atoms with Crippen molar-refractivity contribution >= 4 is 31.4 Å². The zero-order valence-electron chi connectivity index (χ0n) is 20.4. The normalized spacial score (nSPS) is 16.8. The number of hydrogen-bond donors (Lipinski definition) is 1. The van der Waals surface area contributed by atoms with Crippen LogP contribution in [0.5, 0.6) is 0 Å². The van der Waals surface area contributed by atoms with Gasteiger partial charge in [-0.2, -0.15) is 0 Å². The van der Waals surface area contributed by atoms with E-state index in [2.05, 4.69) is 9.62 Å². The standard InChI is InChI=1S/C26H31N3O5S2/c1-28(2)36(32,33)24-16-14-23(15-17-24)35(30,31)27-25-12-6-7-13-26(25)29-18-8-11-22(19-29)34-20-21-9-4-3-5-10-21/h3-7,9-10,12-17,22,27H,8,11,18-20H2,1-2H3/t22-/m1/s1. The molecule has 0 radical (unpaired) electrons. The molecule has 1 saturated heterocycles. The van der Waals surface area contributed by atoms with E-state index < -0.39 is 20.0 Å². The molecule has 1 aliphatic rings. The van der Waals surface area contributed by atoms with Gasteiger partial charge in [0.05, 0.1) is 33.9 Å². The highest BCUT2D eigenvalue weighted by Gasteiger charge is 2.25. The molecule has 3 aromatic carbocycles. The van der Waals surface area contributed by atoms with Gasteiger partial charge in [0, 0.05) is 27.2 Å². The van der Waals surface area contributed by atoms with E-state index in [1.807, 2.05) is 42.5 Å². The van der Waals surface area contributed by atoms with Crippen LogP contribution in [0.3, 0.4) is 0 Å². The molecular weight excluding hydrogens is 498 g/mol. The summed E-state index contributed by atoms with van der Waals surface area (Å²) in [5.41, 5.74) is 2.36. The van der Waals surface area contributed by atoms with Gasteiger partial charge in [-0.05, 0) is 54.8 Å². The average Bonchev–Trinajstić information content (AvgIpc) is 2.88. The van der Waals surface area contributed by atoms with E-state index in [-0.39, 0.29) is 15.9 Å². The molecule has 8 nitrogen and oxygen atoms in total. The van der Waals surface area contributed by atoms with Crippen LogP contribution < -0.4 is 9.62 Å². The number of benzene rings is 3. The fourth-order valence-corrected chi connectivity index (χ4v) is 6.10. The highest BCUT2D eigenvalue weighted by Crippen LogP contribution is 2.31. The largest absolute Gasteiger partial charge is 0.372 e. The fourth-order valence-electron chi connectivity index (χ4n) is 4.12. The molecule has 0 bridgehead atoms. The number of nitrogens with zero attached hydrogens (tertiary/aromatic N) is 2. The number of para-hydroxylation sites is 2. The molecule has 3 aromatic rings. The second-order valence-corrected chi connectivity index (χ2v) is 12.7. The maximum absolute atomic E-state index is 13.1. The highest BCUT2D eigenvalue weighted by molar-refractivity contribution is 7.92. The fraction of sp³-hybridized carbons (Fsp3) is 0.308. The van der Waals surface area contributed by atoms with Crippen molar-refractivity contribution in [3.05, 3.63) is 84.4 Å². The second kappa shape index (κ2) is 11.0. The summed E-state index contributed by atoms with van der Waals surface area (Å²) in [7, 11) is -4.73. The van der Waals surface area contributed by atoms with E-state index in [1.165, 1.54) is 38.4 Å². The van der Waals surface area contributed by atoms with Crippen LogP contribution in [0.25, 0.3) is 0 Å². The predicted octanol–water partition coefficient (Wildman–Crippen LogP) is 3.92. The van der Waals surface area contributed by atoms with Gasteiger partial charge in [0.15, 0.2) is 0 Å². The summed E-state index contributed by atoms with van der Waals surface area (Å²) in [5.74, 6) is 0. The van der Waals surface area contributed by atoms with Gasteiger partial charge in [-0.3, -0.25) is 4.72 Å². The summed E-state index contributed by atoms with van der Waals surface area (Å²) in [4.78, 5) is 2.16. The molecule has 36 heavy (non-hydrogen) atoms. The molecule has 192 valence electrons. The van der Waals surface area contributed by atoms with Gasteiger partial charge in [-0.15, -0.1) is 0 Å². The molecule has 0 aromatic heterocycles. The SMILES string of the molecule is CN(C)S(=O)(=O)c1ccc(S(=O)(=O)Nc2ccccc2N2CCC[C@@H](OCc3ccccc3)C2)cc1. The zero-order valence-corrected chi connectivity index (χ0v) is 22.0. The van der Waals surface area contributed by atoms with E-state index in [0.717, 1.165) is 34.9 Å². The van der Waals surface area contributed by atoms with Crippen molar-refractivity contribution in [2.24, 2.45) is 0 Å². The van der Waals surface area contributed by atoms with Crippen LogP contribution >= 0.6 is 0 Å². The molecule has 1 fully saturated rings. The van der Waals surface area contributed by atoms with Crippen molar-refractivity contribution in [2.75, 3.05) is 36.8 Å². The van der Waals surface area contributed by atoms with Gasteiger partial charge < -0.3 is 9.64 Å². The Morgan fingerprint density at radius 2 is 1.53 bits per heavy atom. The van der Waals surface area contributed by atoms with Crippen LogP contribution in [0, 0.1) is 0 Å². The Balaban J connectivity index is 1.49. The lowest BCUT2D eigenvalue weighted by molar-refractivity contribution is 0.0316. The first-order valence-electron chi connectivity index (χ1n) is 11.7. The van der Waals surface area contributed by atoms with E-state index in [4.69, 9.17) is 4.74 Å². The van der Waals surface area contributed by atoms with Crippen LogP contribution in [-0.4, -0.2) is 54.4 Å². The number of sulfonamides is 2. The zero-order chi connectivity index (χ0) is 25.8. The third kappa shape index (κ3) is 6.07. The molecule has 0 amide bonds. The first-order valence-corrected chi connectivity index (χ1v) is 14.6. The van der Waals surface area contributed by atoms with Gasteiger partial charge in [0.1, 0.15) is 0 Å². The molecule has 0 spiro atoms. The summed E-state index contributed by atoms with van der Waals surface area (Å²) in [6.07, 6.45) is 1.91. The molecule has 4 rings (SSSR count). The molecule has 1 aliphatic heterocycles. The smallest absolute Gasteiger partial charge is 0.261 e. The Morgan fingerprint density at radius 3 is 2.22 bits per heavy atom. The predicted molar refractivity (Wildman–Crippen MR) is 141 cm³/mol. The first-order chi connectivity index (χ1) is 17.2. The number of hydrogen-bond acceptors (Lipinski definition) is 6. The van der Waals surface area contributed by atoms with Gasteiger partial charge in [0.2, 0.25) is 10.0 Å². The Morgan fingerprint density at radius 1 is 0.889 bits per heavy atom. The molecular formula is C26H31N3O5S2. The minimum atomic E-state index is -3.93. The Hall–Kier alpha value is -2.92. The van der Waals surface area contributed by atoms with Crippen LogP contribution in [-0.2, 0) is 31.4 Å². The molecule has 0 aliphatic carbocycles. The molecule has 10 heteroatoms. The molecule has 1 N–H and O–H groups in total. The lowest BCUT2D eigenvalue weighted by Gasteiger charge is -2.35. The molecule has 0 saturated carbocycles. The lowest BCUT2D eigenvalue weighted by Crippen LogP contribution is -2.40.